The van der Waals surface area contributed by atoms with Gasteiger partial charge in [0, 0.05) is 4.88 Å². The van der Waals surface area contributed by atoms with Gasteiger partial charge < -0.3 is 0 Å². The van der Waals surface area contributed by atoms with Gasteiger partial charge in [-0.3, -0.25) is 14.2 Å². The highest BCUT2D eigenvalue weighted by Gasteiger charge is 2.23. The molecule has 1 N–H and O–H groups in total. The molecule has 196 valence electrons. The van der Waals surface area contributed by atoms with Crippen LogP contribution in [-0.2, 0) is 23.1 Å². The van der Waals surface area contributed by atoms with Crippen LogP contribution in [0.3, 0.4) is 0 Å². The van der Waals surface area contributed by atoms with Crippen LogP contribution in [0.2, 0.25) is 0 Å². The molecule has 2 aromatic carbocycles. The molecule has 1 aliphatic rings. The number of nitrogens with zero attached hydrogens (tertiary/aromatic N) is 3. The number of thioether (sulfide) groups is 1. The lowest BCUT2D eigenvalue weighted by atomic mass is 9.87. The SMILES string of the molecule is Cc1ccc(-n2c(SCC(=O)N/N=C/c3ccc(C(C)(C)C)cc3)nc3sc4c(c3c2=O)CCCC4)cc1. The zero-order chi connectivity index (χ0) is 26.9. The fraction of sp³-hybridized carbons (Fsp3) is 0.333. The Labute approximate surface area is 231 Å². The number of aromatic nitrogens is 2. The van der Waals surface area contributed by atoms with Crippen LogP contribution in [0.25, 0.3) is 15.9 Å². The Kier molecular flexibility index (Phi) is 7.54. The van der Waals surface area contributed by atoms with Gasteiger partial charge >= 0.3 is 0 Å². The molecule has 0 spiro atoms. The molecule has 0 aliphatic heterocycles. The first kappa shape index (κ1) is 26.4. The minimum absolute atomic E-state index is 0.0575. The van der Waals surface area contributed by atoms with Crippen molar-refractivity contribution >= 4 is 45.4 Å². The van der Waals surface area contributed by atoms with Gasteiger partial charge in [0.15, 0.2) is 5.16 Å². The monoisotopic (exact) mass is 544 g/mol. The molecule has 0 bridgehead atoms. The van der Waals surface area contributed by atoms with Crippen LogP contribution in [0, 0.1) is 6.92 Å². The van der Waals surface area contributed by atoms with Crippen molar-refractivity contribution in [3.8, 4) is 5.69 Å². The van der Waals surface area contributed by atoms with E-state index < -0.39 is 0 Å². The smallest absolute Gasteiger partial charge is 0.267 e. The van der Waals surface area contributed by atoms with E-state index in [0.717, 1.165) is 58.3 Å². The van der Waals surface area contributed by atoms with Gasteiger partial charge in [-0.15, -0.1) is 11.3 Å². The van der Waals surface area contributed by atoms with Crippen molar-refractivity contribution < 1.29 is 4.79 Å². The Bertz CT molecular complexity index is 1560. The molecular formula is C30H32N4O2S2. The molecule has 0 fully saturated rings. The zero-order valence-electron chi connectivity index (χ0n) is 22.2. The zero-order valence-corrected chi connectivity index (χ0v) is 23.8. The number of carbonyl (C=O) groups excluding carboxylic acids is 1. The maximum atomic E-state index is 13.8. The highest BCUT2D eigenvalue weighted by atomic mass is 32.2. The summed E-state index contributed by atoms with van der Waals surface area (Å²) in [6.45, 7) is 8.53. The summed E-state index contributed by atoms with van der Waals surface area (Å²) in [5.74, 6) is -0.164. The summed E-state index contributed by atoms with van der Waals surface area (Å²) in [5.41, 5.74) is 7.81. The number of aryl methyl sites for hydroxylation is 3. The minimum atomic E-state index is -0.257. The van der Waals surface area contributed by atoms with E-state index in [1.807, 2.05) is 43.3 Å². The molecule has 4 aromatic rings. The van der Waals surface area contributed by atoms with Crippen molar-refractivity contribution in [2.75, 3.05) is 5.75 Å². The Morgan fingerprint density at radius 3 is 2.53 bits per heavy atom. The molecule has 0 saturated carbocycles. The number of thiophene rings is 1. The van der Waals surface area contributed by atoms with E-state index in [0.29, 0.717) is 5.16 Å². The third-order valence-electron chi connectivity index (χ3n) is 6.76. The predicted molar refractivity (Wildman–Crippen MR) is 158 cm³/mol. The summed E-state index contributed by atoms with van der Waals surface area (Å²) < 4.78 is 1.65. The Morgan fingerprint density at radius 1 is 1.11 bits per heavy atom. The van der Waals surface area contributed by atoms with E-state index >= 15 is 0 Å². The molecule has 5 rings (SSSR count). The number of amides is 1. The highest BCUT2D eigenvalue weighted by molar-refractivity contribution is 7.99. The van der Waals surface area contributed by atoms with Crippen molar-refractivity contribution in [2.45, 2.75) is 63.9 Å². The summed E-state index contributed by atoms with van der Waals surface area (Å²) in [4.78, 5) is 33.4. The van der Waals surface area contributed by atoms with Crippen LogP contribution < -0.4 is 11.0 Å². The second-order valence-corrected chi connectivity index (χ2v) is 12.7. The largest absolute Gasteiger partial charge is 0.272 e. The number of benzene rings is 2. The average Bonchev–Trinajstić information content (AvgIpc) is 3.27. The molecule has 1 amide bonds. The second kappa shape index (κ2) is 10.9. The van der Waals surface area contributed by atoms with Crippen molar-refractivity contribution in [1.82, 2.24) is 15.0 Å². The standard InChI is InChI=1S/C30H32N4O2S2/c1-19-9-15-22(16-10-19)34-28(36)26-23-7-5-6-8-24(23)38-27(26)32-29(34)37-18-25(35)33-31-17-20-11-13-21(14-12-20)30(2,3)4/h9-17H,5-8,18H2,1-4H3,(H,33,35)/b31-17+. The summed E-state index contributed by atoms with van der Waals surface area (Å²) in [6, 6.07) is 16.0. The van der Waals surface area contributed by atoms with Gasteiger partial charge in [-0.25, -0.2) is 10.4 Å². The lowest BCUT2D eigenvalue weighted by Gasteiger charge is -2.18. The van der Waals surface area contributed by atoms with Gasteiger partial charge in [0.1, 0.15) is 4.83 Å². The van der Waals surface area contributed by atoms with Crippen LogP contribution >= 0.6 is 23.1 Å². The van der Waals surface area contributed by atoms with Crippen LogP contribution in [0.5, 0.6) is 0 Å². The molecule has 0 atom stereocenters. The number of hydrazone groups is 1. The summed E-state index contributed by atoms with van der Waals surface area (Å²) in [7, 11) is 0. The Morgan fingerprint density at radius 2 is 1.82 bits per heavy atom. The quantitative estimate of drug-likeness (QED) is 0.136. The third-order valence-corrected chi connectivity index (χ3v) is 8.89. The number of carbonyl (C=O) groups is 1. The van der Waals surface area contributed by atoms with Gasteiger partial charge in [-0.05, 0) is 66.8 Å². The highest BCUT2D eigenvalue weighted by Crippen LogP contribution is 2.35. The topological polar surface area (TPSA) is 76.3 Å². The first-order valence-corrected chi connectivity index (χ1v) is 14.7. The molecule has 0 saturated heterocycles. The van der Waals surface area contributed by atoms with Crippen LogP contribution in [0.1, 0.15) is 60.7 Å². The third kappa shape index (κ3) is 5.61. The molecular weight excluding hydrogens is 512 g/mol. The lowest BCUT2D eigenvalue weighted by molar-refractivity contribution is -0.118. The summed E-state index contributed by atoms with van der Waals surface area (Å²) in [6.07, 6.45) is 5.81. The van der Waals surface area contributed by atoms with Crippen molar-refractivity contribution in [2.24, 2.45) is 5.10 Å². The fourth-order valence-electron chi connectivity index (χ4n) is 4.62. The van der Waals surface area contributed by atoms with Crippen molar-refractivity contribution in [3.63, 3.8) is 0 Å². The average molecular weight is 545 g/mol. The Hall–Kier alpha value is -3.23. The van der Waals surface area contributed by atoms with Crippen LogP contribution in [0.4, 0.5) is 0 Å². The van der Waals surface area contributed by atoms with Crippen molar-refractivity contribution in [1.29, 1.82) is 0 Å². The maximum Gasteiger partial charge on any atom is 0.267 e. The molecule has 0 radical (unpaired) electrons. The van der Waals surface area contributed by atoms with Gasteiger partial charge in [0.05, 0.1) is 23.0 Å². The second-order valence-electron chi connectivity index (χ2n) is 10.7. The number of fused-ring (bicyclic) bond motifs is 3. The minimum Gasteiger partial charge on any atom is -0.272 e. The van der Waals surface area contributed by atoms with E-state index in [9.17, 15) is 9.59 Å². The molecule has 0 unspecified atom stereocenters. The number of hydrogen-bond donors (Lipinski definition) is 1. The van der Waals surface area contributed by atoms with Gasteiger partial charge in [-0.2, -0.15) is 5.10 Å². The predicted octanol–water partition coefficient (Wildman–Crippen LogP) is 6.17. The van der Waals surface area contributed by atoms with E-state index in [4.69, 9.17) is 4.98 Å². The van der Waals surface area contributed by atoms with Crippen molar-refractivity contribution in [3.05, 3.63) is 86.0 Å². The fourth-order valence-corrected chi connectivity index (χ4v) is 6.72. The first-order valence-electron chi connectivity index (χ1n) is 12.9. The maximum absolute atomic E-state index is 13.8. The van der Waals surface area contributed by atoms with Gasteiger partial charge in [-0.1, -0.05) is 74.5 Å². The molecule has 2 aromatic heterocycles. The van der Waals surface area contributed by atoms with Crippen LogP contribution in [-0.4, -0.2) is 27.4 Å². The molecule has 1 aliphatic carbocycles. The van der Waals surface area contributed by atoms with E-state index in [1.54, 1.807) is 22.1 Å². The molecule has 38 heavy (non-hydrogen) atoms. The number of hydrogen-bond acceptors (Lipinski definition) is 6. The van der Waals surface area contributed by atoms with E-state index in [1.165, 1.54) is 22.2 Å². The molecule has 2 heterocycles. The van der Waals surface area contributed by atoms with Gasteiger partial charge in [0.25, 0.3) is 11.5 Å². The van der Waals surface area contributed by atoms with Crippen LogP contribution in [0.15, 0.2) is 63.6 Å². The Balaban J connectivity index is 1.36. The van der Waals surface area contributed by atoms with Gasteiger partial charge in [0.2, 0.25) is 0 Å². The van der Waals surface area contributed by atoms with E-state index in [-0.39, 0.29) is 22.6 Å². The lowest BCUT2D eigenvalue weighted by Crippen LogP contribution is -2.24. The summed E-state index contributed by atoms with van der Waals surface area (Å²) in [5, 5.41) is 5.38. The summed E-state index contributed by atoms with van der Waals surface area (Å²) >= 11 is 2.87. The number of nitrogens with one attached hydrogen (secondary N) is 1. The molecule has 6 nitrogen and oxygen atoms in total. The first-order chi connectivity index (χ1) is 18.2. The molecule has 8 heteroatoms. The number of rotatable bonds is 6. The normalized spacial score (nSPS) is 13.7. The van der Waals surface area contributed by atoms with E-state index in [2.05, 4.69) is 43.4 Å².